The van der Waals surface area contributed by atoms with Crippen molar-refractivity contribution >= 4 is 16.7 Å². The molecule has 5 rings (SSSR count). The van der Waals surface area contributed by atoms with Gasteiger partial charge in [-0.2, -0.15) is 5.10 Å². The first-order valence-corrected chi connectivity index (χ1v) is 10.9. The Hall–Kier alpha value is -3.38. The summed E-state index contributed by atoms with van der Waals surface area (Å²) in [5.74, 6) is 0.630. The second-order valence-corrected chi connectivity index (χ2v) is 8.69. The number of fused-ring (bicyclic) bond motifs is 1. The number of benzene rings is 2. The van der Waals surface area contributed by atoms with Crippen LogP contribution in [0.4, 0.5) is 4.39 Å². The van der Waals surface area contributed by atoms with E-state index >= 15 is 0 Å². The monoisotopic (exact) mass is 428 g/mol. The Kier molecular flexibility index (Phi) is 5.53. The number of ketones is 1. The van der Waals surface area contributed by atoms with Gasteiger partial charge in [-0.25, -0.2) is 9.07 Å². The summed E-state index contributed by atoms with van der Waals surface area (Å²) in [6.07, 6.45) is 4.37. The van der Waals surface area contributed by atoms with Gasteiger partial charge >= 0.3 is 0 Å². The van der Waals surface area contributed by atoms with Crippen molar-refractivity contribution in [3.05, 3.63) is 90.1 Å². The van der Waals surface area contributed by atoms with Crippen molar-refractivity contribution in [2.75, 3.05) is 20.1 Å². The van der Waals surface area contributed by atoms with Crippen molar-refractivity contribution in [3.63, 3.8) is 0 Å². The lowest BCUT2D eigenvalue weighted by Crippen LogP contribution is -2.18. The van der Waals surface area contributed by atoms with Crippen LogP contribution in [0.3, 0.4) is 0 Å². The van der Waals surface area contributed by atoms with Gasteiger partial charge < -0.3 is 4.90 Å². The second kappa shape index (κ2) is 8.63. The van der Waals surface area contributed by atoms with Crippen LogP contribution in [0.5, 0.6) is 0 Å². The number of aromatic nitrogens is 3. The summed E-state index contributed by atoms with van der Waals surface area (Å²) in [6.45, 7) is 1.91. The van der Waals surface area contributed by atoms with E-state index in [9.17, 15) is 9.18 Å². The third-order valence-electron chi connectivity index (χ3n) is 6.30. The Morgan fingerprint density at radius 3 is 2.62 bits per heavy atom. The van der Waals surface area contributed by atoms with Gasteiger partial charge in [0.25, 0.3) is 0 Å². The zero-order valence-electron chi connectivity index (χ0n) is 18.0. The van der Waals surface area contributed by atoms with Gasteiger partial charge in [0, 0.05) is 42.9 Å². The highest BCUT2D eigenvalue weighted by molar-refractivity contribution is 5.84. The fourth-order valence-corrected chi connectivity index (χ4v) is 4.79. The molecule has 0 bridgehead atoms. The molecule has 1 aliphatic heterocycles. The number of nitrogens with zero attached hydrogens (tertiary/aromatic N) is 4. The number of hydrogen-bond acceptors (Lipinski definition) is 4. The molecule has 2 atom stereocenters. The Bertz CT molecular complexity index is 1240. The second-order valence-electron chi connectivity index (χ2n) is 8.69. The van der Waals surface area contributed by atoms with E-state index in [0.717, 1.165) is 35.4 Å². The Balaban J connectivity index is 1.30. The van der Waals surface area contributed by atoms with Crippen LogP contribution < -0.4 is 0 Å². The van der Waals surface area contributed by atoms with E-state index in [-0.39, 0.29) is 11.6 Å². The number of Topliss-reactive ketones (excluding diaryl/α,β-unsaturated/α-hetero) is 1. The zero-order chi connectivity index (χ0) is 22.1. The van der Waals surface area contributed by atoms with Crippen molar-refractivity contribution in [3.8, 4) is 5.69 Å². The first-order valence-electron chi connectivity index (χ1n) is 10.9. The number of hydrogen-bond donors (Lipinski definition) is 0. The highest BCUT2D eigenvalue weighted by atomic mass is 19.1. The number of carbonyl (C=O) groups is 1. The number of pyridine rings is 1. The molecular weight excluding hydrogens is 403 g/mol. The number of carbonyl (C=O) groups excluding carboxylic acids is 1. The highest BCUT2D eigenvalue weighted by Crippen LogP contribution is 2.34. The summed E-state index contributed by atoms with van der Waals surface area (Å²) >= 11 is 0. The van der Waals surface area contributed by atoms with Crippen molar-refractivity contribution < 1.29 is 9.18 Å². The minimum absolute atomic E-state index is 0.212. The van der Waals surface area contributed by atoms with Crippen LogP contribution in [0.2, 0.25) is 0 Å². The number of rotatable bonds is 6. The summed E-state index contributed by atoms with van der Waals surface area (Å²) in [5.41, 5.74) is 3.66. The molecular formula is C26H25FN4O. The van der Waals surface area contributed by atoms with Crippen LogP contribution in [0.25, 0.3) is 16.6 Å². The standard InChI is InChI=1S/C26H25FN4O/c1-30-16-20(25(17-30)18-5-3-2-4-6-18)12-24(32)13-22-11-19-14-29-31(26(19)15-28-22)23-9-7-21(27)8-10-23/h2-11,14-15,20,25H,12-13,16-17H2,1H3/t20-,25+/m0/s1. The third kappa shape index (κ3) is 4.18. The molecule has 3 heterocycles. The third-order valence-corrected chi connectivity index (χ3v) is 6.30. The van der Waals surface area contributed by atoms with Crippen LogP contribution in [0.1, 0.15) is 23.6 Å². The SMILES string of the molecule is CN1C[C@H](CC(=O)Cc2cc3cnn(-c4ccc(F)cc4)c3cn2)[C@@H](c2ccccc2)C1. The molecule has 4 aromatic rings. The molecule has 0 amide bonds. The van der Waals surface area contributed by atoms with Gasteiger partial charge in [-0.1, -0.05) is 30.3 Å². The predicted octanol–water partition coefficient (Wildman–Crippen LogP) is 4.41. The van der Waals surface area contributed by atoms with Crippen LogP contribution >= 0.6 is 0 Å². The predicted molar refractivity (Wildman–Crippen MR) is 122 cm³/mol. The molecule has 1 fully saturated rings. The van der Waals surface area contributed by atoms with Crippen LogP contribution in [0.15, 0.2) is 73.1 Å². The molecule has 2 aromatic carbocycles. The maximum Gasteiger partial charge on any atom is 0.139 e. The molecule has 32 heavy (non-hydrogen) atoms. The summed E-state index contributed by atoms with van der Waals surface area (Å²) in [7, 11) is 2.12. The number of likely N-dealkylation sites (N-methyl/N-ethyl adjacent to an activating group) is 1. The molecule has 0 spiro atoms. The lowest BCUT2D eigenvalue weighted by atomic mass is 9.85. The van der Waals surface area contributed by atoms with E-state index < -0.39 is 0 Å². The van der Waals surface area contributed by atoms with Crippen molar-refractivity contribution in [2.24, 2.45) is 5.92 Å². The van der Waals surface area contributed by atoms with Gasteiger partial charge in [-0.3, -0.25) is 9.78 Å². The van der Waals surface area contributed by atoms with Crippen LogP contribution in [-0.4, -0.2) is 45.6 Å². The Morgan fingerprint density at radius 1 is 1.06 bits per heavy atom. The Morgan fingerprint density at radius 2 is 1.84 bits per heavy atom. The smallest absolute Gasteiger partial charge is 0.139 e. The first kappa shape index (κ1) is 20.5. The van der Waals surface area contributed by atoms with E-state index in [0.29, 0.717) is 24.7 Å². The Labute approximate surface area is 186 Å². The lowest BCUT2D eigenvalue weighted by Gasteiger charge is -2.18. The van der Waals surface area contributed by atoms with E-state index in [2.05, 4.69) is 46.3 Å². The largest absolute Gasteiger partial charge is 0.305 e. The average Bonchev–Trinajstić information content (AvgIpc) is 3.37. The van der Waals surface area contributed by atoms with Gasteiger partial charge in [0.2, 0.25) is 0 Å². The van der Waals surface area contributed by atoms with E-state index in [4.69, 9.17) is 0 Å². The molecule has 0 saturated carbocycles. The summed E-state index contributed by atoms with van der Waals surface area (Å²) in [6, 6.07) is 18.6. The molecule has 162 valence electrons. The van der Waals surface area contributed by atoms with E-state index in [1.54, 1.807) is 29.2 Å². The molecule has 1 aliphatic rings. The first-order chi connectivity index (χ1) is 15.6. The molecule has 2 aromatic heterocycles. The van der Waals surface area contributed by atoms with E-state index in [1.807, 2.05) is 12.1 Å². The minimum atomic E-state index is -0.285. The number of likely N-dealkylation sites (tertiary alicyclic amines) is 1. The van der Waals surface area contributed by atoms with Crippen molar-refractivity contribution in [1.29, 1.82) is 0 Å². The molecule has 0 unspecified atom stereocenters. The van der Waals surface area contributed by atoms with Gasteiger partial charge in [-0.15, -0.1) is 0 Å². The summed E-state index contributed by atoms with van der Waals surface area (Å²) in [4.78, 5) is 19.8. The van der Waals surface area contributed by atoms with Gasteiger partial charge in [0.15, 0.2) is 0 Å². The maximum atomic E-state index is 13.2. The molecule has 6 heteroatoms. The summed E-state index contributed by atoms with van der Waals surface area (Å²) in [5, 5.41) is 5.33. The minimum Gasteiger partial charge on any atom is -0.305 e. The van der Waals surface area contributed by atoms with E-state index in [1.165, 1.54) is 17.7 Å². The van der Waals surface area contributed by atoms with Crippen molar-refractivity contribution in [1.82, 2.24) is 19.7 Å². The quantitative estimate of drug-likeness (QED) is 0.457. The highest BCUT2D eigenvalue weighted by Gasteiger charge is 2.33. The van der Waals surface area contributed by atoms with Crippen LogP contribution in [-0.2, 0) is 11.2 Å². The topological polar surface area (TPSA) is 51.0 Å². The number of halogens is 1. The lowest BCUT2D eigenvalue weighted by molar-refractivity contribution is -0.119. The molecule has 0 N–H and O–H groups in total. The maximum absolute atomic E-state index is 13.2. The summed E-state index contributed by atoms with van der Waals surface area (Å²) < 4.78 is 15.0. The zero-order valence-corrected chi connectivity index (χ0v) is 18.0. The van der Waals surface area contributed by atoms with Crippen LogP contribution in [0, 0.1) is 11.7 Å². The van der Waals surface area contributed by atoms with Gasteiger partial charge in [0.05, 0.1) is 23.6 Å². The average molecular weight is 429 g/mol. The normalized spacial score (nSPS) is 18.9. The van der Waals surface area contributed by atoms with Gasteiger partial charge in [0.1, 0.15) is 11.6 Å². The van der Waals surface area contributed by atoms with Gasteiger partial charge in [-0.05, 0) is 48.9 Å². The molecule has 0 aliphatic carbocycles. The fourth-order valence-electron chi connectivity index (χ4n) is 4.79. The van der Waals surface area contributed by atoms with Crippen molar-refractivity contribution in [2.45, 2.75) is 18.8 Å². The molecule has 5 nitrogen and oxygen atoms in total. The molecule has 1 saturated heterocycles. The molecule has 0 radical (unpaired) electrons. The fraction of sp³-hybridized carbons (Fsp3) is 0.269.